The number of likely N-dealkylation sites (N-methyl/N-ethyl adjacent to an activating group) is 1. The lowest BCUT2D eigenvalue weighted by Gasteiger charge is -2.22. The number of aromatic nitrogens is 3. The zero-order chi connectivity index (χ0) is 18.8. The van der Waals surface area contributed by atoms with Crippen LogP contribution in [0.25, 0.3) is 0 Å². The molecule has 1 aliphatic rings. The van der Waals surface area contributed by atoms with E-state index in [1.807, 2.05) is 30.3 Å². The minimum Gasteiger partial charge on any atom is -0.383 e. The summed E-state index contributed by atoms with van der Waals surface area (Å²) in [6.45, 7) is 1.06. The molecule has 1 aliphatic carbocycles. The van der Waals surface area contributed by atoms with E-state index in [-0.39, 0.29) is 0 Å². The molecule has 140 valence electrons. The topological polar surface area (TPSA) is 55.5 Å². The van der Waals surface area contributed by atoms with Crippen LogP contribution in [0.5, 0.6) is 0 Å². The summed E-state index contributed by atoms with van der Waals surface area (Å²) in [6, 6.07) is 9.42. The van der Waals surface area contributed by atoms with Gasteiger partial charge in [-0.2, -0.15) is 18.3 Å². The Morgan fingerprint density at radius 2 is 2.00 bits per heavy atom. The highest BCUT2D eigenvalue weighted by molar-refractivity contribution is 6.07. The summed E-state index contributed by atoms with van der Waals surface area (Å²) in [6.07, 6.45) is -2.12. The lowest BCUT2D eigenvalue weighted by molar-refractivity contribution is -0.145. The molecule has 0 unspecified atom stereocenters. The van der Waals surface area contributed by atoms with E-state index in [4.69, 9.17) is 4.74 Å². The van der Waals surface area contributed by atoms with E-state index < -0.39 is 17.5 Å². The summed E-state index contributed by atoms with van der Waals surface area (Å²) in [5, 5.41) is 10.1. The van der Waals surface area contributed by atoms with Crippen LogP contribution >= 0.6 is 0 Å². The van der Waals surface area contributed by atoms with Crippen molar-refractivity contribution < 1.29 is 17.9 Å². The Labute approximate surface area is 149 Å². The van der Waals surface area contributed by atoms with Gasteiger partial charge in [-0.3, -0.25) is 5.01 Å². The smallest absolute Gasteiger partial charge is 0.383 e. The predicted molar refractivity (Wildman–Crippen MR) is 89.7 cm³/mol. The largest absolute Gasteiger partial charge is 0.453 e. The highest BCUT2D eigenvalue weighted by atomic mass is 19.4. The number of methoxy groups -OCH3 is 1. The van der Waals surface area contributed by atoms with Crippen molar-refractivity contribution in [3.05, 3.63) is 48.0 Å². The van der Waals surface area contributed by atoms with E-state index in [0.717, 1.165) is 11.9 Å². The maximum atomic E-state index is 12.9. The average Bonchev–Trinajstić information content (AvgIpc) is 3.24. The fourth-order valence-electron chi connectivity index (χ4n) is 2.75. The van der Waals surface area contributed by atoms with Gasteiger partial charge in [-0.05, 0) is 12.8 Å². The van der Waals surface area contributed by atoms with Crippen LogP contribution in [-0.2, 0) is 16.5 Å². The molecule has 0 bridgehead atoms. The van der Waals surface area contributed by atoms with Crippen LogP contribution in [0, 0.1) is 0 Å². The number of hydrogen-bond donors (Lipinski definition) is 0. The Morgan fingerprint density at radius 1 is 1.31 bits per heavy atom. The summed E-state index contributed by atoms with van der Waals surface area (Å²) in [5.74, 6) is -1.14. The van der Waals surface area contributed by atoms with E-state index in [0.29, 0.717) is 31.7 Å². The molecule has 6 nitrogen and oxygen atoms in total. The van der Waals surface area contributed by atoms with Crippen LogP contribution in [0.15, 0.2) is 41.8 Å². The van der Waals surface area contributed by atoms with Gasteiger partial charge in [-0.25, -0.2) is 9.67 Å². The van der Waals surface area contributed by atoms with Gasteiger partial charge in [0, 0.05) is 19.7 Å². The molecule has 1 aromatic carbocycles. The molecule has 26 heavy (non-hydrogen) atoms. The molecule has 1 heterocycles. The van der Waals surface area contributed by atoms with Gasteiger partial charge >= 0.3 is 6.18 Å². The number of halogens is 3. The summed E-state index contributed by atoms with van der Waals surface area (Å²) in [7, 11) is 3.41. The van der Waals surface area contributed by atoms with Gasteiger partial charge in [0.2, 0.25) is 0 Å². The Hall–Kier alpha value is -2.42. The van der Waals surface area contributed by atoms with Gasteiger partial charge in [0.05, 0.1) is 18.9 Å². The number of ether oxygens (including phenoxy) is 1. The first-order valence-corrected chi connectivity index (χ1v) is 8.21. The minimum absolute atomic E-state index is 0.497. The first kappa shape index (κ1) is 18.4. The molecule has 0 spiro atoms. The van der Waals surface area contributed by atoms with Gasteiger partial charge < -0.3 is 4.74 Å². The van der Waals surface area contributed by atoms with Crippen molar-refractivity contribution in [2.45, 2.75) is 24.6 Å². The molecular weight excluding hydrogens is 347 g/mol. The lowest BCUT2D eigenvalue weighted by atomic mass is 10.0. The number of nitrogens with zero attached hydrogens (tertiary/aromatic N) is 5. The highest BCUT2D eigenvalue weighted by Gasteiger charge is 2.52. The van der Waals surface area contributed by atoms with Crippen LogP contribution in [0.2, 0.25) is 0 Å². The molecule has 0 amide bonds. The first-order chi connectivity index (χ1) is 12.4. The minimum atomic E-state index is -4.57. The Kier molecular flexibility index (Phi) is 4.99. The third-order valence-corrected chi connectivity index (χ3v) is 4.29. The van der Waals surface area contributed by atoms with Crippen LogP contribution in [0.3, 0.4) is 0 Å². The first-order valence-electron chi connectivity index (χ1n) is 8.21. The van der Waals surface area contributed by atoms with Crippen LogP contribution < -0.4 is 0 Å². The maximum Gasteiger partial charge on any atom is 0.453 e. The Balaban J connectivity index is 1.99. The predicted octanol–water partition coefficient (Wildman–Crippen LogP) is 2.77. The summed E-state index contributed by atoms with van der Waals surface area (Å²) >= 11 is 0. The Bertz CT molecular complexity index is 768. The van der Waals surface area contributed by atoms with Crippen molar-refractivity contribution in [1.29, 1.82) is 0 Å². The zero-order valence-corrected chi connectivity index (χ0v) is 14.6. The van der Waals surface area contributed by atoms with Crippen molar-refractivity contribution in [3.63, 3.8) is 0 Å². The molecule has 1 fully saturated rings. The lowest BCUT2D eigenvalue weighted by Crippen LogP contribution is -2.32. The monoisotopic (exact) mass is 367 g/mol. The molecule has 9 heteroatoms. The van der Waals surface area contributed by atoms with E-state index in [9.17, 15) is 13.2 Å². The van der Waals surface area contributed by atoms with Gasteiger partial charge in [0.15, 0.2) is 0 Å². The van der Waals surface area contributed by atoms with Gasteiger partial charge in [0.1, 0.15) is 11.9 Å². The number of hydrazone groups is 1. The second-order valence-corrected chi connectivity index (χ2v) is 6.23. The number of benzene rings is 1. The van der Waals surface area contributed by atoms with Crippen LogP contribution in [0.4, 0.5) is 13.2 Å². The van der Waals surface area contributed by atoms with Crippen LogP contribution in [0.1, 0.15) is 24.2 Å². The SMILES string of the molecule is COCCN(C)N=C(c1ccccc1)C1(n2cnc(C(F)(F)F)n2)CC1. The van der Waals surface area contributed by atoms with Crippen molar-refractivity contribution in [3.8, 4) is 0 Å². The highest BCUT2D eigenvalue weighted by Crippen LogP contribution is 2.46. The fourth-order valence-corrected chi connectivity index (χ4v) is 2.75. The molecule has 0 aliphatic heterocycles. The molecule has 0 saturated heterocycles. The molecule has 1 aromatic heterocycles. The molecular formula is C17H20F3N5O. The third kappa shape index (κ3) is 3.72. The number of rotatable bonds is 7. The van der Waals surface area contributed by atoms with E-state index in [2.05, 4.69) is 15.2 Å². The van der Waals surface area contributed by atoms with Gasteiger partial charge in [0.25, 0.3) is 5.82 Å². The van der Waals surface area contributed by atoms with Crippen molar-refractivity contribution >= 4 is 5.71 Å². The molecule has 0 radical (unpaired) electrons. The third-order valence-electron chi connectivity index (χ3n) is 4.29. The van der Waals surface area contributed by atoms with Crippen molar-refractivity contribution in [1.82, 2.24) is 19.8 Å². The summed E-state index contributed by atoms with van der Waals surface area (Å²) in [5.41, 5.74) is 0.813. The molecule has 2 aromatic rings. The van der Waals surface area contributed by atoms with E-state index in [1.165, 1.54) is 4.68 Å². The molecule has 0 atom stereocenters. The summed E-state index contributed by atoms with van der Waals surface area (Å²) < 4.78 is 45.0. The average molecular weight is 367 g/mol. The fraction of sp³-hybridized carbons (Fsp3) is 0.471. The molecule has 1 saturated carbocycles. The summed E-state index contributed by atoms with van der Waals surface area (Å²) in [4.78, 5) is 3.44. The second-order valence-electron chi connectivity index (χ2n) is 6.23. The van der Waals surface area contributed by atoms with Crippen molar-refractivity contribution in [2.75, 3.05) is 27.3 Å². The van der Waals surface area contributed by atoms with Crippen LogP contribution in [-0.4, -0.2) is 52.8 Å². The van der Waals surface area contributed by atoms with Gasteiger partial charge in [-0.1, -0.05) is 30.3 Å². The maximum absolute atomic E-state index is 12.9. The molecule has 0 N–H and O–H groups in total. The normalized spacial score (nSPS) is 16.6. The second kappa shape index (κ2) is 7.06. The number of alkyl halides is 3. The standard InChI is InChI=1S/C17H20F3N5O/c1-24(10-11-26-2)22-14(13-6-4-3-5-7-13)16(8-9-16)25-12-21-15(23-25)17(18,19)20/h3-7,12H,8-11H2,1-2H3. The van der Waals surface area contributed by atoms with E-state index in [1.54, 1.807) is 19.2 Å². The quantitative estimate of drug-likeness (QED) is 0.558. The van der Waals surface area contributed by atoms with Crippen molar-refractivity contribution in [2.24, 2.45) is 5.10 Å². The van der Waals surface area contributed by atoms with E-state index >= 15 is 0 Å². The zero-order valence-electron chi connectivity index (χ0n) is 14.6. The Morgan fingerprint density at radius 3 is 2.54 bits per heavy atom. The van der Waals surface area contributed by atoms with Gasteiger partial charge in [-0.15, -0.1) is 5.10 Å². The molecule has 3 rings (SSSR count). The number of hydrogen-bond acceptors (Lipinski definition) is 5.